The van der Waals surface area contributed by atoms with Crippen LogP contribution in [0.4, 0.5) is 0 Å². The lowest BCUT2D eigenvalue weighted by Crippen LogP contribution is -2.08. The molecule has 0 fully saturated rings. The molecule has 106 valence electrons. The standard InChI is InChI=1S/C16H16Br2O2/c1-19-13-7-3-11(4-8-13)15(16(17)18)12-5-9-14(20-2)10-6-12/h3-10,15-16H,1-2H3. The molecule has 0 unspecified atom stereocenters. The van der Waals surface area contributed by atoms with E-state index in [0.29, 0.717) is 0 Å². The van der Waals surface area contributed by atoms with E-state index in [1.165, 1.54) is 11.1 Å². The van der Waals surface area contributed by atoms with Crippen LogP contribution in [-0.4, -0.2) is 18.0 Å². The van der Waals surface area contributed by atoms with Gasteiger partial charge >= 0.3 is 0 Å². The molecule has 0 amide bonds. The molecule has 0 aromatic heterocycles. The SMILES string of the molecule is COc1ccc(C(c2ccc(OC)cc2)C(Br)Br)cc1. The Labute approximate surface area is 136 Å². The molecule has 0 radical (unpaired) electrons. The van der Waals surface area contributed by atoms with Crippen LogP contribution in [0.3, 0.4) is 0 Å². The largest absolute Gasteiger partial charge is 0.497 e. The topological polar surface area (TPSA) is 18.5 Å². The van der Waals surface area contributed by atoms with Gasteiger partial charge in [-0.1, -0.05) is 56.1 Å². The lowest BCUT2D eigenvalue weighted by atomic mass is 9.93. The summed E-state index contributed by atoms with van der Waals surface area (Å²) in [4.78, 5) is 0. The summed E-state index contributed by atoms with van der Waals surface area (Å²) >= 11 is 7.28. The third-order valence-electron chi connectivity index (χ3n) is 3.20. The number of alkyl halides is 2. The Morgan fingerprint density at radius 1 is 0.700 bits per heavy atom. The van der Waals surface area contributed by atoms with Crippen LogP contribution in [-0.2, 0) is 0 Å². The van der Waals surface area contributed by atoms with Crippen LogP contribution >= 0.6 is 31.9 Å². The summed E-state index contributed by atoms with van der Waals surface area (Å²) in [7, 11) is 3.35. The highest BCUT2D eigenvalue weighted by Crippen LogP contribution is 2.36. The Hall–Kier alpha value is -1.00. The van der Waals surface area contributed by atoms with E-state index in [1.54, 1.807) is 14.2 Å². The monoisotopic (exact) mass is 398 g/mol. The molecule has 0 aliphatic rings. The Kier molecular flexibility index (Phi) is 5.49. The zero-order valence-corrected chi connectivity index (χ0v) is 14.5. The molecule has 0 bridgehead atoms. The zero-order chi connectivity index (χ0) is 14.5. The van der Waals surface area contributed by atoms with Crippen LogP contribution in [0.5, 0.6) is 11.5 Å². The molecule has 4 heteroatoms. The van der Waals surface area contributed by atoms with Crippen molar-refractivity contribution >= 4 is 31.9 Å². The van der Waals surface area contributed by atoms with E-state index < -0.39 is 0 Å². The van der Waals surface area contributed by atoms with Gasteiger partial charge in [0, 0.05) is 5.92 Å². The fourth-order valence-electron chi connectivity index (χ4n) is 2.11. The van der Waals surface area contributed by atoms with Gasteiger partial charge in [0.2, 0.25) is 0 Å². The van der Waals surface area contributed by atoms with Gasteiger partial charge in [-0.2, -0.15) is 0 Å². The zero-order valence-electron chi connectivity index (χ0n) is 11.3. The van der Waals surface area contributed by atoms with Crippen LogP contribution in [0.15, 0.2) is 48.5 Å². The average Bonchev–Trinajstić information content (AvgIpc) is 2.48. The van der Waals surface area contributed by atoms with Crippen LogP contribution < -0.4 is 9.47 Å². The average molecular weight is 400 g/mol. The van der Waals surface area contributed by atoms with E-state index in [2.05, 4.69) is 56.1 Å². The van der Waals surface area contributed by atoms with Gasteiger partial charge in [-0.3, -0.25) is 0 Å². The van der Waals surface area contributed by atoms with Crippen molar-refractivity contribution in [2.45, 2.75) is 9.65 Å². The lowest BCUT2D eigenvalue weighted by Gasteiger charge is -2.20. The quantitative estimate of drug-likeness (QED) is 0.662. The molecule has 2 rings (SSSR count). The number of methoxy groups -OCH3 is 2. The number of hydrogen-bond donors (Lipinski definition) is 0. The Morgan fingerprint density at radius 3 is 1.30 bits per heavy atom. The molecule has 0 heterocycles. The van der Waals surface area contributed by atoms with Crippen molar-refractivity contribution in [3.63, 3.8) is 0 Å². The molecule has 0 spiro atoms. The van der Waals surface area contributed by atoms with Gasteiger partial charge in [0.15, 0.2) is 0 Å². The van der Waals surface area contributed by atoms with Gasteiger partial charge in [0.05, 0.1) is 18.0 Å². The van der Waals surface area contributed by atoms with Crippen molar-refractivity contribution < 1.29 is 9.47 Å². The second kappa shape index (κ2) is 7.14. The number of ether oxygens (including phenoxy) is 2. The normalized spacial score (nSPS) is 10.9. The van der Waals surface area contributed by atoms with E-state index in [4.69, 9.17) is 9.47 Å². The smallest absolute Gasteiger partial charge is 0.118 e. The molecule has 2 aromatic carbocycles. The summed E-state index contributed by atoms with van der Waals surface area (Å²) in [5.74, 6) is 1.94. The number of benzene rings is 2. The molecule has 0 aliphatic heterocycles. The van der Waals surface area contributed by atoms with Crippen molar-refractivity contribution in [3.8, 4) is 11.5 Å². The minimum atomic E-state index is 0.150. The maximum Gasteiger partial charge on any atom is 0.118 e. The van der Waals surface area contributed by atoms with E-state index in [-0.39, 0.29) is 9.65 Å². The van der Waals surface area contributed by atoms with Gasteiger partial charge in [-0.15, -0.1) is 0 Å². The molecule has 0 atom stereocenters. The van der Waals surface area contributed by atoms with Crippen molar-refractivity contribution in [2.75, 3.05) is 14.2 Å². The predicted octanol–water partition coefficient (Wildman–Crippen LogP) is 4.95. The second-order valence-corrected chi connectivity index (χ2v) is 7.56. The molecule has 2 aromatic rings. The van der Waals surface area contributed by atoms with Gasteiger partial charge in [0.1, 0.15) is 11.5 Å². The molecule has 0 saturated carbocycles. The molecular weight excluding hydrogens is 384 g/mol. The van der Waals surface area contributed by atoms with Crippen molar-refractivity contribution in [3.05, 3.63) is 59.7 Å². The highest BCUT2D eigenvalue weighted by atomic mass is 79.9. The minimum absolute atomic E-state index is 0.150. The van der Waals surface area contributed by atoms with Gasteiger partial charge in [-0.05, 0) is 35.4 Å². The number of halogens is 2. The highest BCUT2D eigenvalue weighted by Gasteiger charge is 2.20. The highest BCUT2D eigenvalue weighted by molar-refractivity contribution is 9.24. The Morgan fingerprint density at radius 2 is 1.05 bits per heavy atom. The van der Waals surface area contributed by atoms with Crippen LogP contribution in [0.1, 0.15) is 17.0 Å². The fraction of sp³-hybridized carbons (Fsp3) is 0.250. The molecular formula is C16H16Br2O2. The summed E-state index contributed by atoms with van der Waals surface area (Å²) in [5, 5.41) is 0. The van der Waals surface area contributed by atoms with E-state index in [1.807, 2.05) is 24.3 Å². The first-order valence-electron chi connectivity index (χ1n) is 6.21. The second-order valence-electron chi connectivity index (χ2n) is 4.36. The minimum Gasteiger partial charge on any atom is -0.497 e. The third kappa shape index (κ3) is 3.55. The Balaban J connectivity index is 2.33. The summed E-state index contributed by atoms with van der Waals surface area (Å²) in [6.45, 7) is 0. The molecule has 20 heavy (non-hydrogen) atoms. The third-order valence-corrected chi connectivity index (χ3v) is 4.26. The summed E-state index contributed by atoms with van der Waals surface area (Å²) < 4.78 is 10.6. The predicted molar refractivity (Wildman–Crippen MR) is 89.5 cm³/mol. The first kappa shape index (κ1) is 15.4. The molecule has 0 aliphatic carbocycles. The maximum atomic E-state index is 5.21. The van der Waals surface area contributed by atoms with Crippen molar-refractivity contribution in [1.29, 1.82) is 0 Å². The van der Waals surface area contributed by atoms with Crippen molar-refractivity contribution in [1.82, 2.24) is 0 Å². The van der Waals surface area contributed by atoms with Crippen LogP contribution in [0.25, 0.3) is 0 Å². The summed E-state index contributed by atoms with van der Waals surface area (Å²) in [5.41, 5.74) is 2.43. The van der Waals surface area contributed by atoms with Gasteiger partial charge < -0.3 is 9.47 Å². The summed E-state index contributed by atoms with van der Waals surface area (Å²) in [6, 6.07) is 16.3. The number of rotatable bonds is 5. The fourth-order valence-corrected chi connectivity index (χ4v) is 3.33. The Bertz CT molecular complexity index is 488. The maximum absolute atomic E-state index is 5.21. The van der Waals surface area contributed by atoms with Gasteiger partial charge in [-0.25, -0.2) is 0 Å². The molecule has 0 N–H and O–H groups in total. The van der Waals surface area contributed by atoms with Gasteiger partial charge in [0.25, 0.3) is 0 Å². The van der Waals surface area contributed by atoms with Crippen LogP contribution in [0.2, 0.25) is 0 Å². The van der Waals surface area contributed by atoms with Crippen molar-refractivity contribution in [2.24, 2.45) is 0 Å². The van der Waals surface area contributed by atoms with E-state index in [9.17, 15) is 0 Å². The summed E-state index contributed by atoms with van der Waals surface area (Å²) in [6.07, 6.45) is 0. The lowest BCUT2D eigenvalue weighted by molar-refractivity contribution is 0.414. The van der Waals surface area contributed by atoms with Crippen LogP contribution in [0, 0.1) is 0 Å². The first-order valence-corrected chi connectivity index (χ1v) is 8.05. The van der Waals surface area contributed by atoms with E-state index in [0.717, 1.165) is 11.5 Å². The molecule has 0 saturated heterocycles. The molecule has 2 nitrogen and oxygen atoms in total. The first-order chi connectivity index (χ1) is 9.65. The number of hydrogen-bond acceptors (Lipinski definition) is 2. The van der Waals surface area contributed by atoms with E-state index >= 15 is 0 Å².